The Bertz CT molecular complexity index is 1560. The fourth-order valence-corrected chi connectivity index (χ4v) is 6.04. The van der Waals surface area contributed by atoms with Crippen LogP contribution in [0.5, 0.6) is 17.2 Å². The normalized spacial score (nSPS) is 14.5. The molecule has 0 aliphatic carbocycles. The summed E-state index contributed by atoms with van der Waals surface area (Å²) in [5.41, 5.74) is 5.52. The minimum atomic E-state index is -0.0710. The van der Waals surface area contributed by atoms with Crippen molar-refractivity contribution in [3.63, 3.8) is 0 Å². The SMILES string of the molecule is CCc1c(OC2CCN(Cc3c(OC)cc(-c4cn(C)c(=O)c5cnccc45)cc3OC)CC2)cccc1C(C)C. The van der Waals surface area contributed by atoms with Crippen molar-refractivity contribution in [1.29, 1.82) is 0 Å². The van der Waals surface area contributed by atoms with E-state index in [1.807, 2.05) is 24.4 Å². The monoisotopic (exact) mass is 555 g/mol. The highest BCUT2D eigenvalue weighted by molar-refractivity contribution is 5.95. The van der Waals surface area contributed by atoms with Gasteiger partial charge in [0.25, 0.3) is 5.56 Å². The van der Waals surface area contributed by atoms with Crippen LogP contribution in [-0.2, 0) is 20.0 Å². The number of benzene rings is 2. The van der Waals surface area contributed by atoms with Crippen LogP contribution in [0.25, 0.3) is 21.9 Å². The largest absolute Gasteiger partial charge is 0.496 e. The Morgan fingerprint density at radius 1 is 0.976 bits per heavy atom. The summed E-state index contributed by atoms with van der Waals surface area (Å²) in [4.78, 5) is 19.3. The fraction of sp³-hybridized carbons (Fsp3) is 0.412. The number of hydrogen-bond donors (Lipinski definition) is 0. The van der Waals surface area contributed by atoms with E-state index in [1.165, 1.54) is 11.1 Å². The van der Waals surface area contributed by atoms with Crippen LogP contribution in [0.1, 0.15) is 56.2 Å². The molecule has 0 saturated carbocycles. The number of hydrogen-bond acceptors (Lipinski definition) is 6. The molecule has 0 N–H and O–H groups in total. The van der Waals surface area contributed by atoms with Gasteiger partial charge in [-0.2, -0.15) is 0 Å². The van der Waals surface area contributed by atoms with E-state index >= 15 is 0 Å². The molecule has 7 nitrogen and oxygen atoms in total. The Kier molecular flexibility index (Phi) is 8.64. The van der Waals surface area contributed by atoms with E-state index in [4.69, 9.17) is 14.2 Å². The van der Waals surface area contributed by atoms with Crippen LogP contribution >= 0.6 is 0 Å². The maximum absolute atomic E-state index is 12.7. The summed E-state index contributed by atoms with van der Waals surface area (Å²) in [7, 11) is 5.15. The number of nitrogens with zero attached hydrogens (tertiary/aromatic N) is 3. The van der Waals surface area contributed by atoms with Crippen molar-refractivity contribution in [3.05, 3.63) is 82.0 Å². The molecule has 0 unspecified atom stereocenters. The smallest absolute Gasteiger partial charge is 0.259 e. The molecule has 1 aliphatic heterocycles. The van der Waals surface area contributed by atoms with E-state index in [0.29, 0.717) is 11.3 Å². The second kappa shape index (κ2) is 12.4. The van der Waals surface area contributed by atoms with E-state index in [1.54, 1.807) is 38.2 Å². The van der Waals surface area contributed by atoms with Gasteiger partial charge in [-0.3, -0.25) is 14.7 Å². The molecule has 1 saturated heterocycles. The first-order valence-electron chi connectivity index (χ1n) is 14.5. The van der Waals surface area contributed by atoms with Crippen LogP contribution in [0.3, 0.4) is 0 Å². The van der Waals surface area contributed by atoms with Gasteiger partial charge in [0.15, 0.2) is 0 Å². The van der Waals surface area contributed by atoms with Crippen molar-refractivity contribution >= 4 is 10.8 Å². The summed E-state index contributed by atoms with van der Waals surface area (Å²) >= 11 is 0. The number of likely N-dealkylation sites (tertiary alicyclic amines) is 1. The molecule has 4 aromatic rings. The number of aryl methyl sites for hydroxylation is 1. The first kappa shape index (κ1) is 28.7. The highest BCUT2D eigenvalue weighted by atomic mass is 16.5. The lowest BCUT2D eigenvalue weighted by Crippen LogP contribution is -2.38. The molecule has 0 bridgehead atoms. The van der Waals surface area contributed by atoms with E-state index < -0.39 is 0 Å². The number of fused-ring (bicyclic) bond motifs is 1. The average molecular weight is 556 g/mol. The van der Waals surface area contributed by atoms with Crippen LogP contribution in [0.4, 0.5) is 0 Å². The molecule has 0 atom stereocenters. The van der Waals surface area contributed by atoms with Crippen LogP contribution in [0.15, 0.2) is 59.8 Å². The summed E-state index contributed by atoms with van der Waals surface area (Å²) in [5, 5.41) is 1.44. The maximum Gasteiger partial charge on any atom is 0.259 e. The Morgan fingerprint density at radius 2 is 1.68 bits per heavy atom. The van der Waals surface area contributed by atoms with E-state index in [9.17, 15) is 4.79 Å². The number of ether oxygens (including phenoxy) is 3. The second-order valence-corrected chi connectivity index (χ2v) is 11.2. The third-order valence-electron chi connectivity index (χ3n) is 8.26. The number of piperidine rings is 1. The Labute approximate surface area is 242 Å². The summed E-state index contributed by atoms with van der Waals surface area (Å²) in [5.74, 6) is 3.06. The Morgan fingerprint density at radius 3 is 2.32 bits per heavy atom. The van der Waals surface area contributed by atoms with Crippen molar-refractivity contribution < 1.29 is 14.2 Å². The summed E-state index contributed by atoms with van der Waals surface area (Å²) < 4.78 is 20.0. The molecule has 0 spiro atoms. The summed E-state index contributed by atoms with van der Waals surface area (Å²) in [6, 6.07) is 12.4. The van der Waals surface area contributed by atoms with Crippen molar-refractivity contribution in [2.24, 2.45) is 7.05 Å². The topological polar surface area (TPSA) is 65.8 Å². The van der Waals surface area contributed by atoms with Crippen molar-refractivity contribution in [2.75, 3.05) is 27.3 Å². The number of methoxy groups -OCH3 is 2. The van der Waals surface area contributed by atoms with Crippen molar-refractivity contribution in [3.8, 4) is 28.4 Å². The zero-order valence-corrected chi connectivity index (χ0v) is 25.1. The van der Waals surface area contributed by atoms with Crippen LogP contribution in [-0.4, -0.2) is 47.9 Å². The third kappa shape index (κ3) is 5.82. The highest BCUT2D eigenvalue weighted by Crippen LogP contribution is 2.38. The van der Waals surface area contributed by atoms with Gasteiger partial charge in [0, 0.05) is 50.8 Å². The van der Waals surface area contributed by atoms with Crippen molar-refractivity contribution in [1.82, 2.24) is 14.5 Å². The third-order valence-corrected chi connectivity index (χ3v) is 8.26. The molecule has 7 heteroatoms. The van der Waals surface area contributed by atoms with Crippen LogP contribution < -0.4 is 19.8 Å². The number of pyridine rings is 2. The molecule has 41 heavy (non-hydrogen) atoms. The molecule has 1 aliphatic rings. The first-order chi connectivity index (χ1) is 19.8. The number of rotatable bonds is 9. The minimum absolute atomic E-state index is 0.0710. The molecule has 2 aromatic heterocycles. The Balaban J connectivity index is 1.35. The van der Waals surface area contributed by atoms with Gasteiger partial charge in [0.1, 0.15) is 23.4 Å². The fourth-order valence-electron chi connectivity index (χ4n) is 6.04. The predicted octanol–water partition coefficient (Wildman–Crippen LogP) is 6.35. The minimum Gasteiger partial charge on any atom is -0.496 e. The van der Waals surface area contributed by atoms with Gasteiger partial charge in [-0.15, -0.1) is 0 Å². The van der Waals surface area contributed by atoms with Gasteiger partial charge in [-0.25, -0.2) is 0 Å². The Hall–Kier alpha value is -3.84. The summed E-state index contributed by atoms with van der Waals surface area (Å²) in [6.45, 7) is 9.29. The molecule has 0 radical (unpaired) electrons. The molecule has 1 fully saturated rings. The lowest BCUT2D eigenvalue weighted by atomic mass is 9.95. The second-order valence-electron chi connectivity index (χ2n) is 11.2. The van der Waals surface area contributed by atoms with Gasteiger partial charge in [0.2, 0.25) is 0 Å². The zero-order chi connectivity index (χ0) is 29.1. The highest BCUT2D eigenvalue weighted by Gasteiger charge is 2.25. The van der Waals surface area contributed by atoms with E-state index in [0.717, 1.165) is 78.2 Å². The van der Waals surface area contributed by atoms with Gasteiger partial charge in [-0.1, -0.05) is 32.9 Å². The summed E-state index contributed by atoms with van der Waals surface area (Å²) in [6.07, 6.45) is 8.32. The molecule has 2 aromatic carbocycles. The molecular weight excluding hydrogens is 514 g/mol. The maximum atomic E-state index is 12.7. The van der Waals surface area contributed by atoms with Gasteiger partial charge >= 0.3 is 0 Å². The van der Waals surface area contributed by atoms with Crippen LogP contribution in [0.2, 0.25) is 0 Å². The molecule has 3 heterocycles. The molecule has 5 rings (SSSR count). The lowest BCUT2D eigenvalue weighted by molar-refractivity contribution is 0.0950. The van der Waals surface area contributed by atoms with Gasteiger partial charge < -0.3 is 18.8 Å². The molecule has 0 amide bonds. The van der Waals surface area contributed by atoms with Gasteiger partial charge in [0.05, 0.1) is 25.2 Å². The van der Waals surface area contributed by atoms with Crippen molar-refractivity contribution in [2.45, 2.75) is 58.6 Å². The van der Waals surface area contributed by atoms with Gasteiger partial charge in [-0.05, 0) is 71.5 Å². The van der Waals surface area contributed by atoms with E-state index in [2.05, 4.69) is 48.9 Å². The standard InChI is InChI=1S/C34H41N3O4/c1-7-25-26(22(2)3)9-8-10-31(25)41-24-12-15-37(16-13-24)21-30-32(39-5)17-23(18-33(30)40-6)29-20-36(4)34(38)28-19-35-14-11-27(28)29/h8-11,14,17-20,22,24H,7,12-13,15-16,21H2,1-6H3. The molecular formula is C34H41N3O4. The predicted molar refractivity (Wildman–Crippen MR) is 164 cm³/mol. The van der Waals surface area contributed by atoms with Crippen LogP contribution in [0, 0.1) is 0 Å². The lowest BCUT2D eigenvalue weighted by Gasteiger charge is -2.33. The zero-order valence-electron chi connectivity index (χ0n) is 25.1. The number of aromatic nitrogens is 2. The quantitative estimate of drug-likeness (QED) is 0.240. The average Bonchev–Trinajstić information content (AvgIpc) is 2.99. The first-order valence-corrected chi connectivity index (χ1v) is 14.5. The molecule has 216 valence electrons. The van der Waals surface area contributed by atoms with E-state index in [-0.39, 0.29) is 11.7 Å².